The molecule has 0 aromatic heterocycles. The van der Waals surface area contributed by atoms with Crippen LogP contribution in [-0.2, 0) is 35.0 Å². The van der Waals surface area contributed by atoms with Crippen molar-refractivity contribution in [3.05, 3.63) is 0 Å². The van der Waals surface area contributed by atoms with Gasteiger partial charge >= 0.3 is 22.4 Å². The molecule has 0 nitrogen and oxygen atoms in total. The first-order valence-electron chi connectivity index (χ1n) is 2.26. The molecule has 48 valence electrons. The first kappa shape index (κ1) is 11.0. The summed E-state index contributed by atoms with van der Waals surface area (Å²) in [6.07, 6.45) is 1.09. The summed E-state index contributed by atoms with van der Waals surface area (Å²) in [4.78, 5) is 0. The van der Waals surface area contributed by atoms with Gasteiger partial charge in [0.2, 0.25) is 0 Å². The Bertz CT molecular complexity index is 37.8. The standard InChI is InChI=1S/C5H12S.Au/c1-4-5(2,3)6;/h6H,4H2,1-3H3;/q;+1/p-1. The normalized spacial score (nSPS) is 10.3. The second kappa shape index (κ2) is 4.02. The predicted molar refractivity (Wildman–Crippen MR) is 31.7 cm³/mol. The van der Waals surface area contributed by atoms with E-state index in [1.807, 2.05) is 0 Å². The van der Waals surface area contributed by atoms with Gasteiger partial charge in [0.25, 0.3) is 0 Å². The minimum absolute atomic E-state index is 0. The van der Waals surface area contributed by atoms with E-state index in [9.17, 15) is 0 Å². The van der Waals surface area contributed by atoms with E-state index < -0.39 is 0 Å². The molecule has 0 spiro atoms. The Hall–Kier alpha value is 1.09. The minimum Gasteiger partial charge on any atom is -0.786 e. The molecule has 0 saturated carbocycles. The van der Waals surface area contributed by atoms with Crippen molar-refractivity contribution >= 4 is 12.6 Å². The van der Waals surface area contributed by atoms with Crippen molar-refractivity contribution in [1.29, 1.82) is 0 Å². The zero-order valence-electron chi connectivity index (χ0n) is 4.92. The molecule has 0 aromatic rings. The van der Waals surface area contributed by atoms with Crippen LogP contribution in [0.5, 0.6) is 0 Å². The average Bonchev–Trinajstić information content (AvgIpc) is 1.35. The molecular formula is C5H11AuS. The SMILES string of the molecule is CCC(C)(C)[S-].[Au+]. The van der Waals surface area contributed by atoms with Crippen LogP contribution in [0.15, 0.2) is 0 Å². The van der Waals surface area contributed by atoms with Gasteiger partial charge in [-0.3, -0.25) is 0 Å². The zero-order valence-corrected chi connectivity index (χ0v) is 7.90. The van der Waals surface area contributed by atoms with Gasteiger partial charge in [-0.25, -0.2) is 0 Å². The summed E-state index contributed by atoms with van der Waals surface area (Å²) in [5, 5.41) is 0. The molecule has 0 radical (unpaired) electrons. The van der Waals surface area contributed by atoms with Crippen molar-refractivity contribution in [1.82, 2.24) is 0 Å². The third-order valence-electron chi connectivity index (χ3n) is 0.851. The van der Waals surface area contributed by atoms with E-state index in [2.05, 4.69) is 20.8 Å². The largest absolute Gasteiger partial charge is 1.00 e. The zero-order chi connectivity index (χ0) is 5.21. The summed E-state index contributed by atoms with van der Waals surface area (Å²) in [6.45, 7) is 6.22. The fraction of sp³-hybridized carbons (Fsp3) is 1.00. The van der Waals surface area contributed by atoms with Crippen LogP contribution in [0, 0.1) is 0 Å². The maximum absolute atomic E-state index is 4.99. The molecule has 0 fully saturated rings. The van der Waals surface area contributed by atoms with Crippen LogP contribution in [0.3, 0.4) is 0 Å². The molecule has 7 heavy (non-hydrogen) atoms. The summed E-state index contributed by atoms with van der Waals surface area (Å²) < 4.78 is 0.125. The maximum Gasteiger partial charge on any atom is 1.00 e. The minimum atomic E-state index is 0. The molecule has 0 N–H and O–H groups in total. The van der Waals surface area contributed by atoms with E-state index in [1.165, 1.54) is 0 Å². The van der Waals surface area contributed by atoms with Crippen molar-refractivity contribution < 1.29 is 22.4 Å². The monoisotopic (exact) mass is 300 g/mol. The van der Waals surface area contributed by atoms with Gasteiger partial charge in [0.1, 0.15) is 0 Å². The van der Waals surface area contributed by atoms with Crippen LogP contribution in [0.25, 0.3) is 0 Å². The molecule has 0 aliphatic heterocycles. The molecule has 0 aromatic carbocycles. The second-order valence-corrected chi connectivity index (χ2v) is 3.22. The van der Waals surface area contributed by atoms with Crippen molar-refractivity contribution in [2.24, 2.45) is 0 Å². The van der Waals surface area contributed by atoms with Crippen molar-refractivity contribution in [3.8, 4) is 0 Å². The smallest absolute Gasteiger partial charge is 0.786 e. The number of hydrogen-bond acceptors (Lipinski definition) is 1. The van der Waals surface area contributed by atoms with E-state index in [-0.39, 0.29) is 27.1 Å². The van der Waals surface area contributed by atoms with Crippen LogP contribution in [0.4, 0.5) is 0 Å². The third kappa shape index (κ3) is 11.0. The van der Waals surface area contributed by atoms with Gasteiger partial charge in [-0.2, -0.15) is 4.75 Å². The summed E-state index contributed by atoms with van der Waals surface area (Å²) in [6, 6.07) is 0. The first-order chi connectivity index (χ1) is 2.56. The van der Waals surface area contributed by atoms with Crippen LogP contribution >= 0.6 is 0 Å². The summed E-state index contributed by atoms with van der Waals surface area (Å²) in [5.74, 6) is 0. The molecule has 0 aliphatic carbocycles. The van der Waals surface area contributed by atoms with Crippen LogP contribution in [0.1, 0.15) is 27.2 Å². The Morgan fingerprint density at radius 1 is 1.43 bits per heavy atom. The number of rotatable bonds is 1. The van der Waals surface area contributed by atoms with Gasteiger partial charge in [0, 0.05) is 0 Å². The first-order valence-corrected chi connectivity index (χ1v) is 2.67. The van der Waals surface area contributed by atoms with Crippen LogP contribution in [0.2, 0.25) is 0 Å². The predicted octanol–water partition coefficient (Wildman–Crippen LogP) is 1.72. The Balaban J connectivity index is 0. The van der Waals surface area contributed by atoms with Gasteiger partial charge < -0.3 is 12.6 Å². The van der Waals surface area contributed by atoms with E-state index in [4.69, 9.17) is 12.6 Å². The van der Waals surface area contributed by atoms with Gasteiger partial charge in [0.05, 0.1) is 0 Å². The fourth-order valence-corrected chi connectivity index (χ4v) is 0. The molecule has 0 saturated heterocycles. The van der Waals surface area contributed by atoms with Gasteiger partial charge in [-0.15, -0.1) is 0 Å². The molecule has 0 amide bonds. The second-order valence-electron chi connectivity index (χ2n) is 2.11. The van der Waals surface area contributed by atoms with E-state index in [0.29, 0.717) is 0 Å². The molecule has 0 unspecified atom stereocenters. The summed E-state index contributed by atoms with van der Waals surface area (Å²) in [7, 11) is 0. The molecule has 0 rings (SSSR count). The van der Waals surface area contributed by atoms with Gasteiger partial charge in [-0.1, -0.05) is 27.2 Å². The summed E-state index contributed by atoms with van der Waals surface area (Å²) >= 11 is 4.99. The van der Waals surface area contributed by atoms with Crippen molar-refractivity contribution in [3.63, 3.8) is 0 Å². The summed E-state index contributed by atoms with van der Waals surface area (Å²) in [5.41, 5.74) is 0. The van der Waals surface area contributed by atoms with Crippen LogP contribution in [-0.4, -0.2) is 4.75 Å². The topological polar surface area (TPSA) is 0 Å². The van der Waals surface area contributed by atoms with Gasteiger partial charge in [0.15, 0.2) is 0 Å². The molecule has 2 heteroatoms. The number of hydrogen-bond donors (Lipinski definition) is 0. The maximum atomic E-state index is 4.99. The average molecular weight is 300 g/mol. The molecule has 0 bridgehead atoms. The van der Waals surface area contributed by atoms with E-state index in [1.54, 1.807) is 0 Å². The molecule has 0 aliphatic rings. The van der Waals surface area contributed by atoms with E-state index in [0.717, 1.165) is 6.42 Å². The Labute approximate surface area is 67.0 Å². The van der Waals surface area contributed by atoms with Crippen molar-refractivity contribution in [2.45, 2.75) is 31.9 Å². The van der Waals surface area contributed by atoms with Crippen LogP contribution < -0.4 is 0 Å². The molecule has 0 heterocycles. The molecular weight excluding hydrogens is 289 g/mol. The Morgan fingerprint density at radius 2 is 1.57 bits per heavy atom. The van der Waals surface area contributed by atoms with Gasteiger partial charge in [-0.05, 0) is 0 Å². The third-order valence-corrected chi connectivity index (χ3v) is 1.14. The quantitative estimate of drug-likeness (QED) is 0.525. The molecule has 0 atom stereocenters. The Morgan fingerprint density at radius 3 is 1.57 bits per heavy atom. The fourth-order valence-electron chi connectivity index (χ4n) is 0. The van der Waals surface area contributed by atoms with E-state index >= 15 is 0 Å². The Kier molecular flexibility index (Phi) is 6.29. The van der Waals surface area contributed by atoms with Crippen molar-refractivity contribution in [2.75, 3.05) is 0 Å².